The summed E-state index contributed by atoms with van der Waals surface area (Å²) in [6, 6.07) is 0. The number of aliphatic hydroxyl groups excluding tert-OH is 1. The predicted molar refractivity (Wildman–Crippen MR) is 358 cm³/mol. The molecule has 3 N–H and O–H groups in total. The van der Waals surface area contributed by atoms with Gasteiger partial charge in [0.1, 0.15) is 19.3 Å². The molecule has 0 saturated carbocycles. The maximum atomic E-state index is 13.0. The number of hydrogen-bond donors (Lipinski definition) is 3. The van der Waals surface area contributed by atoms with E-state index in [2.05, 4.69) is 55.4 Å². The van der Waals surface area contributed by atoms with Crippen molar-refractivity contribution in [1.82, 2.24) is 0 Å². The summed E-state index contributed by atoms with van der Waals surface area (Å²) in [4.78, 5) is 72.5. The summed E-state index contributed by atoms with van der Waals surface area (Å²) in [6.07, 6.45) is 41.7. The molecule has 0 amide bonds. The Labute approximate surface area is 543 Å². The molecule has 17 nitrogen and oxygen atoms in total. The zero-order chi connectivity index (χ0) is 66.1. The van der Waals surface area contributed by atoms with Crippen LogP contribution in [0.4, 0.5) is 0 Å². The van der Waals surface area contributed by atoms with Crippen molar-refractivity contribution in [2.45, 2.75) is 363 Å². The lowest BCUT2D eigenvalue weighted by Crippen LogP contribution is -2.30. The molecule has 0 saturated heterocycles. The maximum absolute atomic E-state index is 13.0. The fourth-order valence-electron chi connectivity index (χ4n) is 10.5. The number of esters is 4. The average molecular weight is 1310 g/mol. The van der Waals surface area contributed by atoms with Gasteiger partial charge in [-0.2, -0.15) is 0 Å². The van der Waals surface area contributed by atoms with Crippen LogP contribution in [0.15, 0.2) is 0 Å². The van der Waals surface area contributed by atoms with E-state index < -0.39 is 97.5 Å². The Hall–Kier alpha value is -1.94. The van der Waals surface area contributed by atoms with Gasteiger partial charge in [0.2, 0.25) is 0 Å². The third kappa shape index (κ3) is 63.2. The van der Waals surface area contributed by atoms with E-state index in [0.717, 1.165) is 114 Å². The summed E-state index contributed by atoms with van der Waals surface area (Å²) in [7, 11) is -9.90. The van der Waals surface area contributed by atoms with Gasteiger partial charge in [0, 0.05) is 25.7 Å². The van der Waals surface area contributed by atoms with Gasteiger partial charge in [-0.25, -0.2) is 9.13 Å². The minimum absolute atomic E-state index is 0.104. The Bertz CT molecular complexity index is 1770. The highest BCUT2D eigenvalue weighted by molar-refractivity contribution is 7.47. The van der Waals surface area contributed by atoms with Crippen molar-refractivity contribution in [2.24, 2.45) is 23.7 Å². The number of carbonyl (C=O) groups is 4. The highest BCUT2D eigenvalue weighted by Crippen LogP contribution is 2.45. The number of ether oxygens (including phenoxy) is 4. The number of carbonyl (C=O) groups excluding carboxylic acids is 4. The molecule has 19 heteroatoms. The molecule has 6 atom stereocenters. The third-order valence-corrected chi connectivity index (χ3v) is 18.3. The Morgan fingerprint density at radius 3 is 0.798 bits per heavy atom. The minimum atomic E-state index is -4.95. The van der Waals surface area contributed by atoms with E-state index in [4.69, 9.17) is 37.0 Å². The minimum Gasteiger partial charge on any atom is -0.462 e. The molecule has 0 aliphatic carbocycles. The van der Waals surface area contributed by atoms with Crippen LogP contribution < -0.4 is 0 Å². The molecule has 528 valence electrons. The van der Waals surface area contributed by atoms with Crippen molar-refractivity contribution in [3.8, 4) is 0 Å². The third-order valence-electron chi connectivity index (χ3n) is 16.4. The van der Waals surface area contributed by atoms with Crippen molar-refractivity contribution in [3.63, 3.8) is 0 Å². The second-order valence-corrected chi connectivity index (χ2v) is 29.8. The summed E-state index contributed by atoms with van der Waals surface area (Å²) in [6.45, 7) is 14.1. The topological polar surface area (TPSA) is 237 Å². The fourth-order valence-corrected chi connectivity index (χ4v) is 12.0. The van der Waals surface area contributed by atoms with Gasteiger partial charge in [-0.15, -0.1) is 0 Å². The molecular weight excluding hydrogens is 1170 g/mol. The van der Waals surface area contributed by atoms with Crippen molar-refractivity contribution in [2.75, 3.05) is 39.6 Å². The van der Waals surface area contributed by atoms with Gasteiger partial charge in [-0.1, -0.05) is 293 Å². The quantitative estimate of drug-likeness (QED) is 0.0222. The first-order valence-electron chi connectivity index (χ1n) is 36.2. The first-order chi connectivity index (χ1) is 42.6. The molecule has 0 aromatic rings. The highest BCUT2D eigenvalue weighted by Gasteiger charge is 2.30. The van der Waals surface area contributed by atoms with E-state index in [0.29, 0.717) is 31.6 Å². The number of hydrogen-bond acceptors (Lipinski definition) is 15. The molecule has 0 aliphatic heterocycles. The van der Waals surface area contributed by atoms with Gasteiger partial charge in [0.25, 0.3) is 0 Å². The van der Waals surface area contributed by atoms with E-state index in [1.54, 1.807) is 0 Å². The van der Waals surface area contributed by atoms with E-state index in [1.807, 2.05) is 0 Å². The van der Waals surface area contributed by atoms with E-state index in [9.17, 15) is 43.2 Å². The molecule has 0 aliphatic rings. The Morgan fingerprint density at radius 2 is 0.539 bits per heavy atom. The average Bonchev–Trinajstić information content (AvgIpc) is 3.64. The first kappa shape index (κ1) is 87.1. The largest absolute Gasteiger partial charge is 0.472 e. The molecule has 0 spiro atoms. The van der Waals surface area contributed by atoms with Gasteiger partial charge < -0.3 is 33.8 Å². The Balaban J connectivity index is 5.26. The second-order valence-electron chi connectivity index (χ2n) is 26.9. The van der Waals surface area contributed by atoms with Gasteiger partial charge in [0.05, 0.1) is 26.4 Å². The molecule has 0 fully saturated rings. The van der Waals surface area contributed by atoms with Gasteiger partial charge in [-0.05, 0) is 49.4 Å². The van der Waals surface area contributed by atoms with Crippen LogP contribution >= 0.6 is 15.6 Å². The maximum Gasteiger partial charge on any atom is 0.472 e. The number of phosphoric acid groups is 2. The van der Waals surface area contributed by atoms with Crippen LogP contribution in [-0.2, 0) is 65.4 Å². The molecule has 89 heavy (non-hydrogen) atoms. The summed E-state index contributed by atoms with van der Waals surface area (Å²) in [5.74, 6) is 0.864. The molecule has 4 unspecified atom stereocenters. The number of aliphatic hydroxyl groups is 1. The summed E-state index contributed by atoms with van der Waals surface area (Å²) in [5.41, 5.74) is 0. The van der Waals surface area contributed by atoms with Gasteiger partial charge in [0.15, 0.2) is 12.2 Å². The summed E-state index contributed by atoms with van der Waals surface area (Å²) in [5, 5.41) is 10.6. The smallest absolute Gasteiger partial charge is 0.462 e. The van der Waals surface area contributed by atoms with Crippen LogP contribution in [0.1, 0.15) is 344 Å². The number of unbranched alkanes of at least 4 members (excludes halogenated alkanes) is 32. The second kappa shape index (κ2) is 59.8. The Kier molecular flexibility index (Phi) is 58.5. The van der Waals surface area contributed by atoms with Crippen molar-refractivity contribution in [3.05, 3.63) is 0 Å². The van der Waals surface area contributed by atoms with Crippen LogP contribution in [0, 0.1) is 23.7 Å². The lowest BCUT2D eigenvalue weighted by atomic mass is 9.99. The SMILES string of the molecule is CCC(C)CCCCCCCCCCC(=O)O[C@H](COC(=O)CCCCCCCCCC(C)C)COP(=O)(O)OCC(O)COP(=O)(O)OC[C@@H](COC(=O)CCCCCCCCCCCC(C)C)OC(=O)CCCCCCCCCCCCCCC(C)C. The molecule has 0 aromatic carbocycles. The molecule has 0 radical (unpaired) electrons. The van der Waals surface area contributed by atoms with Crippen LogP contribution in [0.3, 0.4) is 0 Å². The van der Waals surface area contributed by atoms with Crippen molar-refractivity contribution < 1.29 is 80.2 Å². The molecular formula is C70H136O17P2. The van der Waals surface area contributed by atoms with Crippen LogP contribution in [0.25, 0.3) is 0 Å². The van der Waals surface area contributed by atoms with Gasteiger partial charge in [-0.3, -0.25) is 37.3 Å². The highest BCUT2D eigenvalue weighted by atomic mass is 31.2. The zero-order valence-electron chi connectivity index (χ0n) is 58.1. The summed E-state index contributed by atoms with van der Waals surface area (Å²) >= 11 is 0. The van der Waals surface area contributed by atoms with Crippen LogP contribution in [0.2, 0.25) is 0 Å². The van der Waals surface area contributed by atoms with E-state index in [1.165, 1.54) is 141 Å². The summed E-state index contributed by atoms with van der Waals surface area (Å²) < 4.78 is 68.3. The van der Waals surface area contributed by atoms with Crippen LogP contribution in [-0.4, -0.2) is 96.7 Å². The van der Waals surface area contributed by atoms with Crippen LogP contribution in [0.5, 0.6) is 0 Å². The fraction of sp³-hybridized carbons (Fsp3) is 0.943. The standard InChI is InChI=1S/C70H136O17P2/c1-9-63(8)49-41-33-25-19-20-28-37-45-53-70(75)87-66(57-81-68(73)51-43-35-29-21-24-32-40-48-62(6)7)59-85-89(78,79)83-55-64(71)54-82-88(76,77)84-58-65(56-80-67(72)50-42-34-26-18-14-16-23-31-39-47-61(4)5)86-69(74)52-44-36-27-17-13-11-10-12-15-22-30-38-46-60(2)3/h60-66,71H,9-59H2,1-8H3,(H,76,77)(H,78,79)/t63?,64?,65-,66-/m1/s1. The van der Waals surface area contributed by atoms with E-state index in [-0.39, 0.29) is 25.7 Å². The predicted octanol–water partition coefficient (Wildman–Crippen LogP) is 19.7. The first-order valence-corrected chi connectivity index (χ1v) is 39.2. The lowest BCUT2D eigenvalue weighted by molar-refractivity contribution is -0.161. The van der Waals surface area contributed by atoms with Crippen molar-refractivity contribution in [1.29, 1.82) is 0 Å². The molecule has 0 bridgehead atoms. The zero-order valence-corrected chi connectivity index (χ0v) is 59.8. The molecule has 0 heterocycles. The Morgan fingerprint density at radius 1 is 0.315 bits per heavy atom. The molecule has 0 rings (SSSR count). The number of phosphoric ester groups is 2. The van der Waals surface area contributed by atoms with Gasteiger partial charge >= 0.3 is 39.5 Å². The number of rotatable bonds is 67. The lowest BCUT2D eigenvalue weighted by Gasteiger charge is -2.21. The monoisotopic (exact) mass is 1310 g/mol. The normalized spacial score (nSPS) is 14.6. The van der Waals surface area contributed by atoms with E-state index >= 15 is 0 Å². The van der Waals surface area contributed by atoms with Crippen molar-refractivity contribution >= 4 is 39.5 Å². The molecule has 0 aromatic heterocycles.